The molecule has 26 heavy (non-hydrogen) atoms. The van der Waals surface area contributed by atoms with Crippen LogP contribution in [0, 0.1) is 0 Å². The number of sulfone groups is 1. The molecule has 0 aliphatic rings. The van der Waals surface area contributed by atoms with Gasteiger partial charge in [0, 0.05) is 17.1 Å². The fraction of sp³-hybridized carbons (Fsp3) is 0.300. The lowest BCUT2D eigenvalue weighted by atomic mass is 10.1. The molecule has 0 amide bonds. The predicted octanol–water partition coefficient (Wildman–Crippen LogP) is 4.31. The summed E-state index contributed by atoms with van der Waals surface area (Å²) in [5.74, 6) is 0. The number of halogens is 1. The summed E-state index contributed by atoms with van der Waals surface area (Å²) in [5, 5.41) is 0.825. The van der Waals surface area contributed by atoms with Gasteiger partial charge in [0.15, 0.2) is 0 Å². The second kappa shape index (κ2) is 8.71. The molecular weight excluding hydrogens is 368 g/mol. The third kappa shape index (κ3) is 4.11. The molecule has 0 aliphatic carbocycles. The molecule has 2 aromatic carbocycles. The number of hydrogen-bond donors (Lipinski definition) is 1. The topological polar surface area (TPSA) is 53.2 Å². The van der Waals surface area contributed by atoms with E-state index >= 15 is 0 Å². The van der Waals surface area contributed by atoms with Crippen molar-refractivity contribution in [3.05, 3.63) is 60.3 Å². The van der Waals surface area contributed by atoms with Gasteiger partial charge in [0.1, 0.15) is 0 Å². The van der Waals surface area contributed by atoms with Crippen LogP contribution in [0.3, 0.4) is 0 Å². The number of fused-ring (bicyclic) bond motifs is 1. The zero-order chi connectivity index (χ0) is 17.9. The summed E-state index contributed by atoms with van der Waals surface area (Å²) in [7, 11) is -1.43. The van der Waals surface area contributed by atoms with Crippen molar-refractivity contribution < 1.29 is 8.42 Å². The molecule has 1 heterocycles. The van der Waals surface area contributed by atoms with Gasteiger partial charge in [-0.15, -0.1) is 12.4 Å². The van der Waals surface area contributed by atoms with E-state index in [4.69, 9.17) is 0 Å². The Hall–Kier alpha value is -1.82. The summed E-state index contributed by atoms with van der Waals surface area (Å²) in [6, 6.07) is 14.6. The number of rotatable bonds is 7. The Kier molecular flexibility index (Phi) is 6.87. The molecule has 0 radical (unpaired) electrons. The molecule has 0 atom stereocenters. The van der Waals surface area contributed by atoms with E-state index in [1.54, 1.807) is 30.5 Å². The van der Waals surface area contributed by atoms with Crippen LogP contribution in [0.5, 0.6) is 0 Å². The van der Waals surface area contributed by atoms with Crippen LogP contribution in [0.25, 0.3) is 10.9 Å². The molecule has 0 aliphatic heterocycles. The molecule has 0 saturated carbocycles. The first-order valence-corrected chi connectivity index (χ1v) is 10.1. The molecule has 3 rings (SSSR count). The second-order valence-corrected chi connectivity index (χ2v) is 8.23. The molecule has 6 heteroatoms. The Balaban J connectivity index is 0.00000243. The molecule has 1 aromatic heterocycles. The van der Waals surface area contributed by atoms with Crippen LogP contribution in [0.1, 0.15) is 18.9 Å². The van der Waals surface area contributed by atoms with Crippen molar-refractivity contribution in [1.29, 1.82) is 0 Å². The summed E-state index contributed by atoms with van der Waals surface area (Å²) in [4.78, 5) is 6.09. The molecule has 0 unspecified atom stereocenters. The minimum Gasteiger partial charge on any atom is -0.360 e. The molecule has 0 saturated heterocycles. The Bertz CT molecular complexity index is 952. The number of aromatic amines is 1. The van der Waals surface area contributed by atoms with E-state index in [1.807, 2.05) is 24.3 Å². The molecular formula is C20H25ClN2O2S. The van der Waals surface area contributed by atoms with E-state index in [2.05, 4.69) is 23.9 Å². The molecule has 0 spiro atoms. The molecule has 0 fully saturated rings. The summed E-state index contributed by atoms with van der Waals surface area (Å²) >= 11 is 0. The van der Waals surface area contributed by atoms with Gasteiger partial charge in [0.25, 0.3) is 0 Å². The third-order valence-corrected chi connectivity index (χ3v) is 6.42. The van der Waals surface area contributed by atoms with Gasteiger partial charge >= 0.3 is 0 Å². The summed E-state index contributed by atoms with van der Waals surface area (Å²) in [6.45, 7) is 4.15. The highest BCUT2D eigenvalue weighted by molar-refractivity contribution is 7.91. The quantitative estimate of drug-likeness (QED) is 0.651. The maximum atomic E-state index is 13.1. The molecule has 3 aromatic rings. The minimum absolute atomic E-state index is 0. The van der Waals surface area contributed by atoms with Crippen LogP contribution in [0.15, 0.2) is 64.5 Å². The summed E-state index contributed by atoms with van der Waals surface area (Å²) in [6.07, 6.45) is 3.48. The highest BCUT2D eigenvalue weighted by atomic mass is 35.5. The number of H-pyrrole nitrogens is 1. The first-order chi connectivity index (χ1) is 12.0. The van der Waals surface area contributed by atoms with Crippen molar-refractivity contribution in [1.82, 2.24) is 9.88 Å². The van der Waals surface area contributed by atoms with Crippen LogP contribution in [0.4, 0.5) is 0 Å². The van der Waals surface area contributed by atoms with Gasteiger partial charge in [-0.3, -0.25) is 0 Å². The Morgan fingerprint density at radius 1 is 1.04 bits per heavy atom. The van der Waals surface area contributed by atoms with Crippen molar-refractivity contribution >= 4 is 33.1 Å². The van der Waals surface area contributed by atoms with E-state index in [0.29, 0.717) is 9.79 Å². The molecule has 1 N–H and O–H groups in total. The van der Waals surface area contributed by atoms with Gasteiger partial charge in [0.05, 0.1) is 9.79 Å². The van der Waals surface area contributed by atoms with E-state index in [9.17, 15) is 8.42 Å². The van der Waals surface area contributed by atoms with Gasteiger partial charge in [-0.2, -0.15) is 0 Å². The van der Waals surface area contributed by atoms with Gasteiger partial charge in [-0.05, 0) is 56.7 Å². The average molecular weight is 393 g/mol. The largest absolute Gasteiger partial charge is 0.360 e. The smallest absolute Gasteiger partial charge is 0.208 e. The SMILES string of the molecule is CCN(C)CCCc1cccc2[nH]cc(S(=O)(=O)c3ccccc3)c12.Cl. The Labute approximate surface area is 161 Å². The number of aryl methyl sites for hydroxylation is 1. The first-order valence-electron chi connectivity index (χ1n) is 8.61. The monoisotopic (exact) mass is 392 g/mol. The lowest BCUT2D eigenvalue weighted by Crippen LogP contribution is -2.19. The summed E-state index contributed by atoms with van der Waals surface area (Å²) < 4.78 is 26.1. The first kappa shape index (κ1) is 20.5. The predicted molar refractivity (Wildman–Crippen MR) is 109 cm³/mol. The van der Waals surface area contributed by atoms with Crippen LogP contribution >= 0.6 is 12.4 Å². The Morgan fingerprint density at radius 2 is 1.77 bits per heavy atom. The maximum absolute atomic E-state index is 13.1. The number of aromatic nitrogens is 1. The molecule has 4 nitrogen and oxygen atoms in total. The van der Waals surface area contributed by atoms with E-state index in [0.717, 1.165) is 42.4 Å². The van der Waals surface area contributed by atoms with E-state index in [-0.39, 0.29) is 12.4 Å². The fourth-order valence-electron chi connectivity index (χ4n) is 3.07. The number of nitrogens with zero attached hydrogens (tertiary/aromatic N) is 1. The van der Waals surface area contributed by atoms with E-state index in [1.165, 1.54) is 0 Å². The van der Waals surface area contributed by atoms with Crippen molar-refractivity contribution in [3.63, 3.8) is 0 Å². The van der Waals surface area contributed by atoms with Crippen molar-refractivity contribution in [2.45, 2.75) is 29.6 Å². The Morgan fingerprint density at radius 3 is 2.46 bits per heavy atom. The van der Waals surface area contributed by atoms with Crippen molar-refractivity contribution in [2.24, 2.45) is 0 Å². The molecule has 0 bridgehead atoms. The standard InChI is InChI=1S/C20H24N2O2S.ClH/c1-3-22(2)14-8-10-16-9-7-13-18-20(16)19(15-21-18)25(23,24)17-11-5-4-6-12-17;/h4-7,9,11-13,15,21H,3,8,10,14H2,1-2H3;1H. The lowest BCUT2D eigenvalue weighted by molar-refractivity contribution is 0.347. The summed E-state index contributed by atoms with van der Waals surface area (Å²) in [5.41, 5.74) is 1.95. The van der Waals surface area contributed by atoms with Crippen molar-refractivity contribution in [3.8, 4) is 0 Å². The number of hydrogen-bond acceptors (Lipinski definition) is 3. The van der Waals surface area contributed by atoms with Crippen LogP contribution in [0.2, 0.25) is 0 Å². The maximum Gasteiger partial charge on any atom is 0.208 e. The van der Waals surface area contributed by atoms with Gasteiger partial charge < -0.3 is 9.88 Å². The van der Waals surface area contributed by atoms with Gasteiger partial charge in [-0.25, -0.2) is 8.42 Å². The fourth-order valence-corrected chi connectivity index (χ4v) is 4.56. The zero-order valence-corrected chi connectivity index (χ0v) is 16.7. The van der Waals surface area contributed by atoms with Crippen molar-refractivity contribution in [2.75, 3.05) is 20.1 Å². The average Bonchev–Trinajstić information content (AvgIpc) is 3.08. The van der Waals surface area contributed by atoms with Crippen LogP contribution < -0.4 is 0 Å². The second-order valence-electron chi connectivity index (χ2n) is 6.31. The van der Waals surface area contributed by atoms with Gasteiger partial charge in [0.2, 0.25) is 9.84 Å². The normalized spacial score (nSPS) is 11.7. The molecule has 140 valence electrons. The van der Waals surface area contributed by atoms with E-state index < -0.39 is 9.84 Å². The van der Waals surface area contributed by atoms with Crippen LogP contribution in [-0.4, -0.2) is 38.4 Å². The lowest BCUT2D eigenvalue weighted by Gasteiger charge is -2.14. The third-order valence-electron chi connectivity index (χ3n) is 4.62. The minimum atomic E-state index is -3.53. The number of nitrogens with one attached hydrogen (secondary N) is 1. The van der Waals surface area contributed by atoms with Gasteiger partial charge in [-0.1, -0.05) is 37.3 Å². The number of benzene rings is 2. The van der Waals surface area contributed by atoms with Crippen LogP contribution in [-0.2, 0) is 16.3 Å². The highest BCUT2D eigenvalue weighted by Crippen LogP contribution is 2.31. The highest BCUT2D eigenvalue weighted by Gasteiger charge is 2.22. The zero-order valence-electron chi connectivity index (χ0n) is 15.1.